The Labute approximate surface area is 118 Å². The van der Waals surface area contributed by atoms with Gasteiger partial charge in [0.15, 0.2) is 0 Å². The molecule has 3 rings (SSSR count). The third kappa shape index (κ3) is 2.58. The molecule has 1 aliphatic heterocycles. The molecule has 0 aliphatic carbocycles. The van der Waals surface area contributed by atoms with Gasteiger partial charge in [-0.05, 0) is 12.1 Å². The molecule has 1 N–H and O–H groups in total. The molecule has 2 aromatic rings. The van der Waals surface area contributed by atoms with E-state index in [1.807, 2.05) is 24.3 Å². The van der Waals surface area contributed by atoms with E-state index in [0.717, 1.165) is 43.4 Å². The van der Waals surface area contributed by atoms with Gasteiger partial charge < -0.3 is 14.9 Å². The average Bonchev–Trinajstić information content (AvgIpc) is 2.56. The zero-order valence-corrected chi connectivity index (χ0v) is 11.3. The van der Waals surface area contributed by atoms with Crippen LogP contribution < -0.4 is 9.80 Å². The van der Waals surface area contributed by atoms with Crippen LogP contribution in [-0.4, -0.2) is 41.3 Å². The molecule has 1 aliphatic rings. The summed E-state index contributed by atoms with van der Waals surface area (Å²) < 4.78 is 0. The van der Waals surface area contributed by atoms with E-state index in [2.05, 4.69) is 25.8 Å². The summed E-state index contributed by atoms with van der Waals surface area (Å²) in [6, 6.07) is 9.85. The summed E-state index contributed by atoms with van der Waals surface area (Å²) in [4.78, 5) is 13.1. The molecule has 1 saturated heterocycles. The summed E-state index contributed by atoms with van der Waals surface area (Å²) in [6.07, 6.45) is 3.55. The number of nitrogens with zero attached hydrogens (tertiary/aromatic N) is 4. The maximum absolute atomic E-state index is 9.42. The summed E-state index contributed by atoms with van der Waals surface area (Å²) in [5, 5.41) is 9.42. The van der Waals surface area contributed by atoms with Gasteiger partial charge in [0.2, 0.25) is 5.95 Å². The summed E-state index contributed by atoms with van der Waals surface area (Å²) in [5.74, 6) is 0.794. The predicted molar refractivity (Wildman–Crippen MR) is 78.8 cm³/mol. The van der Waals surface area contributed by atoms with Crippen molar-refractivity contribution in [1.82, 2.24) is 9.97 Å². The molecule has 1 fully saturated rings. The second kappa shape index (κ2) is 5.88. The van der Waals surface area contributed by atoms with E-state index in [1.165, 1.54) is 0 Å². The summed E-state index contributed by atoms with van der Waals surface area (Å²) in [6.45, 7) is 3.69. The normalized spacial score (nSPS) is 15.4. The molecule has 20 heavy (non-hydrogen) atoms. The fraction of sp³-hybridized carbons (Fsp3) is 0.333. The van der Waals surface area contributed by atoms with Gasteiger partial charge in [0, 0.05) is 49.8 Å². The Kier molecular flexibility index (Phi) is 3.78. The van der Waals surface area contributed by atoms with Gasteiger partial charge in [-0.3, -0.25) is 0 Å². The van der Waals surface area contributed by atoms with Crippen LogP contribution in [0.25, 0.3) is 0 Å². The van der Waals surface area contributed by atoms with Gasteiger partial charge in [-0.1, -0.05) is 18.2 Å². The summed E-state index contributed by atoms with van der Waals surface area (Å²) in [5.41, 5.74) is 2.11. The number of aliphatic hydroxyl groups excluding tert-OH is 1. The molecule has 0 amide bonds. The number of para-hydroxylation sites is 1. The Morgan fingerprint density at radius 2 is 1.55 bits per heavy atom. The molecular formula is C15H18N4O. The van der Waals surface area contributed by atoms with Crippen molar-refractivity contribution in [2.45, 2.75) is 6.61 Å². The number of anilines is 2. The first kappa shape index (κ1) is 12.9. The number of aromatic nitrogens is 2. The van der Waals surface area contributed by atoms with Crippen LogP contribution in [0.5, 0.6) is 0 Å². The fourth-order valence-corrected chi connectivity index (χ4v) is 2.55. The summed E-state index contributed by atoms with van der Waals surface area (Å²) in [7, 11) is 0. The lowest BCUT2D eigenvalue weighted by Crippen LogP contribution is -2.47. The second-order valence-electron chi connectivity index (χ2n) is 4.81. The summed E-state index contributed by atoms with van der Waals surface area (Å²) >= 11 is 0. The molecule has 5 heteroatoms. The average molecular weight is 270 g/mol. The molecule has 5 nitrogen and oxygen atoms in total. The third-order valence-corrected chi connectivity index (χ3v) is 3.62. The lowest BCUT2D eigenvalue weighted by molar-refractivity contribution is 0.282. The molecule has 0 radical (unpaired) electrons. The van der Waals surface area contributed by atoms with Gasteiger partial charge in [-0.15, -0.1) is 0 Å². The first-order valence-electron chi connectivity index (χ1n) is 6.84. The van der Waals surface area contributed by atoms with Crippen LogP contribution in [0, 0.1) is 0 Å². The highest BCUT2D eigenvalue weighted by atomic mass is 16.3. The van der Waals surface area contributed by atoms with E-state index in [1.54, 1.807) is 12.4 Å². The first-order valence-corrected chi connectivity index (χ1v) is 6.84. The van der Waals surface area contributed by atoms with Crippen molar-refractivity contribution in [3.05, 3.63) is 48.3 Å². The number of hydrogen-bond acceptors (Lipinski definition) is 5. The highest BCUT2D eigenvalue weighted by Crippen LogP contribution is 2.22. The van der Waals surface area contributed by atoms with Crippen molar-refractivity contribution < 1.29 is 5.11 Å². The van der Waals surface area contributed by atoms with E-state index in [9.17, 15) is 5.11 Å². The van der Waals surface area contributed by atoms with Gasteiger partial charge in [0.1, 0.15) is 0 Å². The van der Waals surface area contributed by atoms with Crippen molar-refractivity contribution >= 4 is 11.6 Å². The van der Waals surface area contributed by atoms with Gasteiger partial charge in [0.05, 0.1) is 6.61 Å². The molecule has 0 unspecified atom stereocenters. The lowest BCUT2D eigenvalue weighted by Gasteiger charge is -2.36. The van der Waals surface area contributed by atoms with Gasteiger partial charge in [0.25, 0.3) is 0 Å². The van der Waals surface area contributed by atoms with E-state index in [0.29, 0.717) is 0 Å². The van der Waals surface area contributed by atoms with Crippen LogP contribution in [0.1, 0.15) is 5.56 Å². The first-order chi connectivity index (χ1) is 9.88. The van der Waals surface area contributed by atoms with E-state index in [-0.39, 0.29) is 6.61 Å². The van der Waals surface area contributed by atoms with Gasteiger partial charge >= 0.3 is 0 Å². The number of rotatable bonds is 3. The van der Waals surface area contributed by atoms with E-state index >= 15 is 0 Å². The monoisotopic (exact) mass is 270 g/mol. The van der Waals surface area contributed by atoms with E-state index in [4.69, 9.17) is 0 Å². The Hall–Kier alpha value is -2.14. The molecule has 0 bridgehead atoms. The second-order valence-corrected chi connectivity index (χ2v) is 4.81. The van der Waals surface area contributed by atoms with Gasteiger partial charge in [-0.25, -0.2) is 9.97 Å². The highest BCUT2D eigenvalue weighted by Gasteiger charge is 2.20. The Morgan fingerprint density at radius 1 is 0.900 bits per heavy atom. The minimum absolute atomic E-state index is 0.0815. The van der Waals surface area contributed by atoms with Crippen molar-refractivity contribution in [3.63, 3.8) is 0 Å². The molecule has 0 spiro atoms. The zero-order valence-electron chi connectivity index (χ0n) is 11.3. The molecule has 2 heterocycles. The number of piperazine rings is 1. The van der Waals surface area contributed by atoms with Crippen molar-refractivity contribution in [3.8, 4) is 0 Å². The molecule has 104 valence electrons. The molecule has 1 aromatic carbocycles. The smallest absolute Gasteiger partial charge is 0.225 e. The maximum Gasteiger partial charge on any atom is 0.225 e. The molecular weight excluding hydrogens is 252 g/mol. The zero-order chi connectivity index (χ0) is 13.8. The van der Waals surface area contributed by atoms with Crippen molar-refractivity contribution in [2.75, 3.05) is 36.0 Å². The molecule has 0 atom stereocenters. The third-order valence-electron chi connectivity index (χ3n) is 3.62. The van der Waals surface area contributed by atoms with Crippen molar-refractivity contribution in [2.24, 2.45) is 0 Å². The predicted octanol–water partition coefficient (Wildman–Crippen LogP) is 1.30. The number of hydrogen-bond donors (Lipinski definition) is 1. The number of benzene rings is 1. The van der Waals surface area contributed by atoms with Crippen LogP contribution in [0.15, 0.2) is 42.7 Å². The Morgan fingerprint density at radius 3 is 2.25 bits per heavy atom. The number of aliphatic hydroxyl groups is 1. The minimum atomic E-state index is 0.0815. The molecule has 0 saturated carbocycles. The van der Waals surface area contributed by atoms with Crippen LogP contribution in [0.4, 0.5) is 11.6 Å². The minimum Gasteiger partial charge on any atom is -0.392 e. The fourth-order valence-electron chi connectivity index (χ4n) is 2.55. The lowest BCUT2D eigenvalue weighted by atomic mass is 10.1. The quantitative estimate of drug-likeness (QED) is 0.911. The Bertz CT molecular complexity index is 553. The maximum atomic E-state index is 9.42. The molecule has 1 aromatic heterocycles. The van der Waals surface area contributed by atoms with Crippen LogP contribution in [-0.2, 0) is 6.61 Å². The Balaban J connectivity index is 1.70. The largest absolute Gasteiger partial charge is 0.392 e. The van der Waals surface area contributed by atoms with Crippen LogP contribution in [0.3, 0.4) is 0 Å². The highest BCUT2D eigenvalue weighted by molar-refractivity contribution is 5.54. The van der Waals surface area contributed by atoms with Gasteiger partial charge in [-0.2, -0.15) is 0 Å². The standard InChI is InChI=1S/C15H18N4O/c20-12-13-4-1-2-5-14(13)18-8-10-19(11-9-18)15-16-6-3-7-17-15/h1-7,20H,8-12H2. The van der Waals surface area contributed by atoms with E-state index < -0.39 is 0 Å². The van der Waals surface area contributed by atoms with Crippen LogP contribution in [0.2, 0.25) is 0 Å². The van der Waals surface area contributed by atoms with Crippen LogP contribution >= 0.6 is 0 Å². The van der Waals surface area contributed by atoms with Crippen molar-refractivity contribution in [1.29, 1.82) is 0 Å². The topological polar surface area (TPSA) is 52.5 Å². The SMILES string of the molecule is OCc1ccccc1N1CCN(c2ncccn2)CC1.